The molecule has 27 heavy (non-hydrogen) atoms. The average Bonchev–Trinajstić information content (AvgIpc) is 2.72. The summed E-state index contributed by atoms with van der Waals surface area (Å²) >= 11 is 0. The summed E-state index contributed by atoms with van der Waals surface area (Å²) in [6.07, 6.45) is 2.17. The molecule has 1 unspecified atom stereocenters. The minimum Gasteiger partial charge on any atom is -0.449 e. The fourth-order valence-corrected chi connectivity index (χ4v) is 3.79. The molecule has 0 saturated heterocycles. The Morgan fingerprint density at radius 1 is 1.07 bits per heavy atom. The number of nitrogens with zero attached hydrogens (tertiary/aromatic N) is 1. The zero-order chi connectivity index (χ0) is 19.7. The number of hydrogen-bond donors (Lipinski definition) is 1. The molecule has 0 fully saturated rings. The van der Waals surface area contributed by atoms with Crippen LogP contribution in [-0.4, -0.2) is 37.7 Å². The van der Waals surface area contributed by atoms with Crippen LogP contribution in [0.3, 0.4) is 0 Å². The molecule has 4 nitrogen and oxygen atoms in total. The van der Waals surface area contributed by atoms with Crippen molar-refractivity contribution in [1.82, 2.24) is 4.90 Å². The molecular weight excluding hydrogens is 336 g/mol. The molecule has 0 saturated carbocycles. The van der Waals surface area contributed by atoms with E-state index < -0.39 is 0 Å². The zero-order valence-electron chi connectivity index (χ0n) is 16.7. The minimum atomic E-state index is -0.372. The van der Waals surface area contributed by atoms with E-state index in [9.17, 15) is 4.79 Å². The van der Waals surface area contributed by atoms with Crippen molar-refractivity contribution in [3.63, 3.8) is 0 Å². The summed E-state index contributed by atoms with van der Waals surface area (Å²) in [5.74, 6) is -0.00310. The highest BCUT2D eigenvalue weighted by Crippen LogP contribution is 2.41. The Bertz CT molecular complexity index is 649. The fraction of sp³-hybridized carbons (Fsp3) is 0.435. The summed E-state index contributed by atoms with van der Waals surface area (Å²) in [6, 6.07) is 21.4. The van der Waals surface area contributed by atoms with Crippen LogP contribution in [0.5, 0.6) is 0 Å². The first-order chi connectivity index (χ1) is 13.0. The monoisotopic (exact) mass is 368 g/mol. The second kappa shape index (κ2) is 10.2. The topological polar surface area (TPSA) is 55.6 Å². The summed E-state index contributed by atoms with van der Waals surface area (Å²) in [4.78, 5) is 13.5. The number of carbonyl (C=O) groups is 1. The van der Waals surface area contributed by atoms with Gasteiger partial charge in [0.05, 0.1) is 6.54 Å². The van der Waals surface area contributed by atoms with E-state index in [0.29, 0.717) is 5.92 Å². The van der Waals surface area contributed by atoms with E-state index in [1.165, 1.54) is 11.1 Å². The average molecular weight is 369 g/mol. The van der Waals surface area contributed by atoms with Crippen LogP contribution in [0.1, 0.15) is 37.8 Å². The maximum Gasteiger partial charge on any atom is 0.321 e. The van der Waals surface area contributed by atoms with Crippen molar-refractivity contribution in [2.75, 3.05) is 26.9 Å². The second-order valence-electron chi connectivity index (χ2n) is 7.31. The van der Waals surface area contributed by atoms with E-state index in [0.717, 1.165) is 19.4 Å². The number of esters is 1. The normalized spacial score (nSPS) is 12.8. The third kappa shape index (κ3) is 5.41. The third-order valence-corrected chi connectivity index (χ3v) is 5.35. The van der Waals surface area contributed by atoms with Gasteiger partial charge in [0.1, 0.15) is 6.73 Å². The number of rotatable bonds is 10. The van der Waals surface area contributed by atoms with Crippen molar-refractivity contribution < 1.29 is 9.53 Å². The van der Waals surface area contributed by atoms with Gasteiger partial charge in [-0.2, -0.15) is 0 Å². The smallest absolute Gasteiger partial charge is 0.321 e. The molecule has 146 valence electrons. The van der Waals surface area contributed by atoms with Gasteiger partial charge < -0.3 is 10.5 Å². The first-order valence-electron chi connectivity index (χ1n) is 9.67. The fourth-order valence-electron chi connectivity index (χ4n) is 3.79. The van der Waals surface area contributed by atoms with E-state index >= 15 is 0 Å². The Hall–Kier alpha value is -2.17. The molecule has 2 N–H and O–H groups in total. The van der Waals surface area contributed by atoms with Gasteiger partial charge in [0.15, 0.2) is 0 Å². The van der Waals surface area contributed by atoms with E-state index in [1.807, 2.05) is 7.05 Å². The Morgan fingerprint density at radius 2 is 1.59 bits per heavy atom. The van der Waals surface area contributed by atoms with E-state index in [4.69, 9.17) is 10.5 Å². The number of benzene rings is 2. The van der Waals surface area contributed by atoms with Crippen molar-refractivity contribution in [1.29, 1.82) is 0 Å². The van der Waals surface area contributed by atoms with Crippen molar-refractivity contribution in [2.45, 2.75) is 32.1 Å². The lowest BCUT2D eigenvalue weighted by molar-refractivity contribution is -0.146. The molecule has 0 amide bonds. The standard InChI is InChI=1S/C23H32N2O2/c1-4-11-21(17-25(3)18-27-22(26)16-24)23(2,19-12-7-5-8-13-19)20-14-9-6-10-15-20/h5-10,12-15,21H,4,11,16-18,24H2,1-3H3. The lowest BCUT2D eigenvalue weighted by Crippen LogP contribution is -2.41. The van der Waals surface area contributed by atoms with Gasteiger partial charge in [0.2, 0.25) is 0 Å². The molecule has 0 bridgehead atoms. The van der Waals surface area contributed by atoms with Crippen LogP contribution in [-0.2, 0) is 14.9 Å². The number of carbonyl (C=O) groups excluding carboxylic acids is 1. The molecule has 4 heteroatoms. The predicted molar refractivity (Wildman–Crippen MR) is 110 cm³/mol. The highest BCUT2D eigenvalue weighted by atomic mass is 16.5. The summed E-state index contributed by atoms with van der Waals surface area (Å²) in [5, 5.41) is 0. The molecule has 0 radical (unpaired) electrons. The molecule has 2 aromatic carbocycles. The van der Waals surface area contributed by atoms with E-state index in [1.54, 1.807) is 0 Å². The Kier molecular flexibility index (Phi) is 8.01. The first-order valence-corrected chi connectivity index (χ1v) is 9.67. The number of ether oxygens (including phenoxy) is 1. The van der Waals surface area contributed by atoms with Crippen LogP contribution < -0.4 is 5.73 Å². The zero-order valence-corrected chi connectivity index (χ0v) is 16.7. The van der Waals surface area contributed by atoms with Gasteiger partial charge in [-0.05, 0) is 30.5 Å². The quantitative estimate of drug-likeness (QED) is 0.512. The molecule has 0 aliphatic carbocycles. The van der Waals surface area contributed by atoms with Crippen LogP contribution >= 0.6 is 0 Å². The maximum absolute atomic E-state index is 11.4. The Labute approximate surface area is 163 Å². The molecular formula is C23H32N2O2. The van der Waals surface area contributed by atoms with Crippen LogP contribution in [0, 0.1) is 5.92 Å². The summed E-state index contributed by atoms with van der Waals surface area (Å²) in [6.45, 7) is 5.55. The van der Waals surface area contributed by atoms with Gasteiger partial charge in [-0.25, -0.2) is 0 Å². The Morgan fingerprint density at radius 3 is 2.04 bits per heavy atom. The van der Waals surface area contributed by atoms with Crippen LogP contribution in [0.2, 0.25) is 0 Å². The first kappa shape index (κ1) is 21.1. The van der Waals surface area contributed by atoms with Crippen molar-refractivity contribution in [2.24, 2.45) is 11.7 Å². The van der Waals surface area contributed by atoms with E-state index in [-0.39, 0.29) is 24.7 Å². The van der Waals surface area contributed by atoms with Crippen LogP contribution in [0.4, 0.5) is 0 Å². The SMILES string of the molecule is CCCC(CN(C)COC(=O)CN)C(C)(c1ccccc1)c1ccccc1. The largest absolute Gasteiger partial charge is 0.449 e. The van der Waals surface area contributed by atoms with E-state index in [2.05, 4.69) is 79.4 Å². The minimum absolute atomic E-state index is 0.0853. The number of hydrogen-bond acceptors (Lipinski definition) is 4. The van der Waals surface area contributed by atoms with Gasteiger partial charge in [0, 0.05) is 12.0 Å². The summed E-state index contributed by atoms with van der Waals surface area (Å²) in [7, 11) is 1.99. The van der Waals surface area contributed by atoms with Gasteiger partial charge in [-0.15, -0.1) is 0 Å². The molecule has 0 aliphatic rings. The molecule has 0 aliphatic heterocycles. The highest BCUT2D eigenvalue weighted by Gasteiger charge is 2.37. The second-order valence-corrected chi connectivity index (χ2v) is 7.31. The predicted octanol–water partition coefficient (Wildman–Crippen LogP) is 3.80. The number of nitrogens with two attached hydrogens (primary N) is 1. The molecule has 1 atom stereocenters. The van der Waals surface area contributed by atoms with Crippen LogP contribution in [0.25, 0.3) is 0 Å². The molecule has 0 heterocycles. The molecule has 0 aromatic heterocycles. The summed E-state index contributed by atoms with van der Waals surface area (Å²) in [5.41, 5.74) is 7.82. The molecule has 2 aromatic rings. The van der Waals surface area contributed by atoms with Crippen molar-refractivity contribution >= 4 is 5.97 Å². The lowest BCUT2D eigenvalue weighted by Gasteiger charge is -2.41. The van der Waals surface area contributed by atoms with Gasteiger partial charge in [0.25, 0.3) is 0 Å². The Balaban J connectivity index is 2.33. The maximum atomic E-state index is 11.4. The molecule has 2 rings (SSSR count). The lowest BCUT2D eigenvalue weighted by atomic mass is 9.65. The van der Waals surface area contributed by atoms with Crippen molar-refractivity contribution in [3.05, 3.63) is 71.8 Å². The third-order valence-electron chi connectivity index (χ3n) is 5.35. The van der Waals surface area contributed by atoms with Crippen molar-refractivity contribution in [3.8, 4) is 0 Å². The highest BCUT2D eigenvalue weighted by molar-refractivity contribution is 5.71. The van der Waals surface area contributed by atoms with Gasteiger partial charge >= 0.3 is 5.97 Å². The van der Waals surface area contributed by atoms with Gasteiger partial charge in [-0.1, -0.05) is 80.9 Å². The van der Waals surface area contributed by atoms with Gasteiger partial charge in [-0.3, -0.25) is 9.69 Å². The van der Waals surface area contributed by atoms with Crippen LogP contribution in [0.15, 0.2) is 60.7 Å². The molecule has 0 spiro atoms. The summed E-state index contributed by atoms with van der Waals surface area (Å²) < 4.78 is 5.22.